The van der Waals surface area contributed by atoms with E-state index in [1.165, 1.54) is 0 Å². The van der Waals surface area contributed by atoms with Gasteiger partial charge < -0.3 is 10.2 Å². The fourth-order valence-corrected chi connectivity index (χ4v) is 3.22. The molecular weight excluding hydrogens is 264 g/mol. The first-order valence-corrected chi connectivity index (χ1v) is 7.63. The molecule has 2 fully saturated rings. The van der Waals surface area contributed by atoms with Gasteiger partial charge in [0.05, 0.1) is 0 Å². The molecule has 1 saturated heterocycles. The maximum atomic E-state index is 12.8. The zero-order valence-electron chi connectivity index (χ0n) is 12.8. The summed E-state index contributed by atoms with van der Waals surface area (Å²) in [6, 6.07) is 8.88. The minimum Gasteiger partial charge on any atom is -0.342 e. The van der Waals surface area contributed by atoms with Gasteiger partial charge in [0.1, 0.15) is 12.1 Å². The molecule has 2 aliphatic rings. The Morgan fingerprint density at radius 3 is 2.38 bits per heavy atom. The Hall–Kier alpha value is -1.84. The molecule has 21 heavy (non-hydrogen) atoms. The van der Waals surface area contributed by atoms with Crippen molar-refractivity contribution in [2.75, 3.05) is 0 Å². The Morgan fingerprint density at radius 2 is 1.86 bits per heavy atom. The summed E-state index contributed by atoms with van der Waals surface area (Å²) in [7, 11) is 0. The number of carbonyl (C=O) groups excluding carboxylic acids is 2. The number of carbonyl (C=O) groups is 2. The summed E-state index contributed by atoms with van der Waals surface area (Å²) < 4.78 is 0. The molecule has 4 nitrogen and oxygen atoms in total. The molecule has 1 heterocycles. The van der Waals surface area contributed by atoms with Gasteiger partial charge in [0.25, 0.3) is 0 Å². The smallest absolute Gasteiger partial charge is 0.248 e. The summed E-state index contributed by atoms with van der Waals surface area (Å²) in [4.78, 5) is 27.2. The van der Waals surface area contributed by atoms with Gasteiger partial charge in [-0.25, -0.2) is 0 Å². The Balaban J connectivity index is 1.99. The van der Waals surface area contributed by atoms with Crippen LogP contribution in [0.1, 0.15) is 45.2 Å². The van der Waals surface area contributed by atoms with Crippen molar-refractivity contribution >= 4 is 11.8 Å². The number of piperazine rings is 1. The molecule has 1 saturated carbocycles. The number of amides is 2. The molecule has 1 N–H and O–H groups in total. The number of nitrogens with zero attached hydrogens (tertiary/aromatic N) is 1. The third-order valence-electron chi connectivity index (χ3n) is 4.72. The zero-order valence-corrected chi connectivity index (χ0v) is 12.8. The van der Waals surface area contributed by atoms with Gasteiger partial charge in [-0.2, -0.15) is 0 Å². The number of benzene rings is 1. The highest BCUT2D eigenvalue weighted by molar-refractivity contribution is 5.98. The third-order valence-corrected chi connectivity index (χ3v) is 4.72. The minimum absolute atomic E-state index is 0.0570. The lowest BCUT2D eigenvalue weighted by Crippen LogP contribution is -2.60. The van der Waals surface area contributed by atoms with E-state index in [9.17, 15) is 9.59 Å². The van der Waals surface area contributed by atoms with Crippen LogP contribution >= 0.6 is 0 Å². The van der Waals surface area contributed by atoms with E-state index in [0.29, 0.717) is 6.42 Å². The van der Waals surface area contributed by atoms with Crippen LogP contribution in [0, 0.1) is 5.41 Å². The van der Waals surface area contributed by atoms with Crippen LogP contribution in [0.25, 0.3) is 0 Å². The van der Waals surface area contributed by atoms with Crippen LogP contribution in [0.4, 0.5) is 0 Å². The number of rotatable bonds is 3. The topological polar surface area (TPSA) is 49.4 Å². The van der Waals surface area contributed by atoms with Crippen molar-refractivity contribution < 1.29 is 9.59 Å². The monoisotopic (exact) mass is 286 g/mol. The summed E-state index contributed by atoms with van der Waals surface area (Å²) in [6.45, 7) is 6.24. The minimum atomic E-state index is -0.492. The second-order valence-electron chi connectivity index (χ2n) is 6.74. The third kappa shape index (κ3) is 2.33. The van der Waals surface area contributed by atoms with Gasteiger partial charge in [0.15, 0.2) is 0 Å². The molecule has 3 unspecified atom stereocenters. The number of nitrogens with one attached hydrogen (secondary N) is 1. The second kappa shape index (κ2) is 4.86. The Labute approximate surface area is 125 Å². The van der Waals surface area contributed by atoms with Gasteiger partial charge in [-0.1, -0.05) is 51.1 Å². The van der Waals surface area contributed by atoms with Crippen molar-refractivity contribution in [1.82, 2.24) is 10.2 Å². The molecule has 2 amide bonds. The summed E-state index contributed by atoms with van der Waals surface area (Å²) in [6.07, 6.45) is 1.60. The van der Waals surface area contributed by atoms with Gasteiger partial charge >= 0.3 is 0 Å². The van der Waals surface area contributed by atoms with Gasteiger partial charge in [-0.3, -0.25) is 9.59 Å². The van der Waals surface area contributed by atoms with Gasteiger partial charge in [-0.05, 0) is 23.8 Å². The van der Waals surface area contributed by atoms with Gasteiger partial charge in [0.2, 0.25) is 11.8 Å². The van der Waals surface area contributed by atoms with Crippen molar-refractivity contribution in [3.63, 3.8) is 0 Å². The molecule has 3 atom stereocenters. The van der Waals surface area contributed by atoms with Crippen molar-refractivity contribution in [3.05, 3.63) is 35.9 Å². The summed E-state index contributed by atoms with van der Waals surface area (Å²) in [5.41, 5.74) is 0.999. The molecule has 1 aromatic rings. The van der Waals surface area contributed by atoms with E-state index in [4.69, 9.17) is 0 Å². The predicted molar refractivity (Wildman–Crippen MR) is 80.4 cm³/mol. The van der Waals surface area contributed by atoms with E-state index < -0.39 is 6.04 Å². The lowest BCUT2D eigenvalue weighted by atomic mass is 9.97. The standard InChI is InChI=1S/C17H22N2O2/c1-4-12-16(21)19(13-10-17(13,2)3)14(15(20)18-12)11-8-6-5-7-9-11/h5-9,12-14H,4,10H2,1-3H3,(H,18,20). The normalized spacial score (nSPS) is 31.0. The van der Waals surface area contributed by atoms with Crippen LogP contribution in [-0.4, -0.2) is 28.8 Å². The average Bonchev–Trinajstić information content (AvgIpc) is 3.09. The lowest BCUT2D eigenvalue weighted by Gasteiger charge is -2.40. The van der Waals surface area contributed by atoms with Crippen LogP contribution in [0.15, 0.2) is 30.3 Å². The molecule has 0 spiro atoms. The van der Waals surface area contributed by atoms with Gasteiger partial charge in [-0.15, -0.1) is 0 Å². The fraction of sp³-hybridized carbons (Fsp3) is 0.529. The molecule has 3 rings (SSSR count). The van der Waals surface area contributed by atoms with Crippen LogP contribution in [0.3, 0.4) is 0 Å². The average molecular weight is 286 g/mol. The first-order valence-electron chi connectivity index (χ1n) is 7.63. The van der Waals surface area contributed by atoms with Crippen molar-refractivity contribution in [1.29, 1.82) is 0 Å². The van der Waals surface area contributed by atoms with E-state index in [1.54, 1.807) is 0 Å². The van der Waals surface area contributed by atoms with E-state index in [0.717, 1.165) is 12.0 Å². The molecular formula is C17H22N2O2. The zero-order chi connectivity index (χ0) is 15.2. The van der Waals surface area contributed by atoms with Crippen molar-refractivity contribution in [2.45, 2.75) is 51.7 Å². The second-order valence-corrected chi connectivity index (χ2v) is 6.74. The van der Waals surface area contributed by atoms with Crippen LogP contribution in [0.5, 0.6) is 0 Å². The van der Waals surface area contributed by atoms with Crippen LogP contribution in [0.2, 0.25) is 0 Å². The maximum absolute atomic E-state index is 12.8. The summed E-state index contributed by atoms with van der Waals surface area (Å²) in [5, 5.41) is 2.87. The molecule has 4 heteroatoms. The SMILES string of the molecule is CCC1NC(=O)C(c2ccccc2)N(C2CC2(C)C)C1=O. The van der Waals surface area contributed by atoms with E-state index in [1.807, 2.05) is 42.2 Å². The highest BCUT2D eigenvalue weighted by Crippen LogP contribution is 2.51. The number of hydrogen-bond acceptors (Lipinski definition) is 2. The predicted octanol–water partition coefficient (Wildman–Crippen LogP) is 2.26. The highest BCUT2D eigenvalue weighted by atomic mass is 16.2. The highest BCUT2D eigenvalue weighted by Gasteiger charge is 2.56. The van der Waals surface area contributed by atoms with Gasteiger partial charge in [0, 0.05) is 6.04 Å². The van der Waals surface area contributed by atoms with Crippen molar-refractivity contribution in [3.8, 4) is 0 Å². The largest absolute Gasteiger partial charge is 0.342 e. The molecule has 112 valence electrons. The summed E-state index contributed by atoms with van der Waals surface area (Å²) in [5.74, 6) is -0.00289. The van der Waals surface area contributed by atoms with E-state index >= 15 is 0 Å². The summed E-state index contributed by atoms with van der Waals surface area (Å²) >= 11 is 0. The molecule has 0 bridgehead atoms. The van der Waals surface area contributed by atoms with E-state index in [2.05, 4.69) is 19.2 Å². The molecule has 1 aliphatic heterocycles. The molecule has 0 radical (unpaired) electrons. The van der Waals surface area contributed by atoms with E-state index in [-0.39, 0.29) is 29.3 Å². The molecule has 0 aromatic heterocycles. The Bertz CT molecular complexity index is 567. The van der Waals surface area contributed by atoms with Crippen LogP contribution < -0.4 is 5.32 Å². The van der Waals surface area contributed by atoms with Crippen LogP contribution in [-0.2, 0) is 9.59 Å². The lowest BCUT2D eigenvalue weighted by molar-refractivity contribution is -0.151. The maximum Gasteiger partial charge on any atom is 0.248 e. The quantitative estimate of drug-likeness (QED) is 0.926. The van der Waals surface area contributed by atoms with Crippen molar-refractivity contribution in [2.24, 2.45) is 5.41 Å². The first-order chi connectivity index (χ1) is 9.95. The Kier molecular flexibility index (Phi) is 3.27. The Morgan fingerprint density at radius 1 is 1.24 bits per heavy atom. The molecule has 1 aromatic carbocycles. The molecule has 1 aliphatic carbocycles. The number of hydrogen-bond donors (Lipinski definition) is 1. The first kappa shape index (κ1) is 14.1. The fourth-order valence-electron chi connectivity index (χ4n) is 3.22.